The summed E-state index contributed by atoms with van der Waals surface area (Å²) in [5.41, 5.74) is -0.127. The van der Waals surface area contributed by atoms with Crippen LogP contribution in [0.15, 0.2) is 24.3 Å². The van der Waals surface area contributed by atoms with Crippen LogP contribution in [0.2, 0.25) is 0 Å². The zero-order valence-corrected chi connectivity index (χ0v) is 10.6. The maximum absolute atomic E-state index is 12.5. The molecule has 18 heavy (non-hydrogen) atoms. The molecule has 0 aromatic heterocycles. The van der Waals surface area contributed by atoms with E-state index in [2.05, 4.69) is 24.5 Å². The molecule has 102 valence electrons. The molecule has 1 aromatic rings. The second-order valence-corrected chi connectivity index (χ2v) is 4.27. The lowest BCUT2D eigenvalue weighted by atomic mass is 10.2. The average molecular weight is 260 g/mol. The number of benzene rings is 1. The Morgan fingerprint density at radius 1 is 1.22 bits per heavy atom. The topological polar surface area (TPSA) is 24.1 Å². The Bertz CT molecular complexity index is 363. The van der Waals surface area contributed by atoms with Crippen LogP contribution in [0, 0.1) is 0 Å². The molecular weight excluding hydrogens is 241 g/mol. The summed E-state index contributed by atoms with van der Waals surface area (Å²) >= 11 is 0. The van der Waals surface area contributed by atoms with Gasteiger partial charge in [-0.2, -0.15) is 13.2 Å². The second-order valence-electron chi connectivity index (χ2n) is 4.27. The van der Waals surface area contributed by atoms with Crippen molar-refractivity contribution in [1.82, 2.24) is 5.32 Å². The zero-order chi connectivity index (χ0) is 13.6. The standard InChI is InChI=1S/C13H19F3N2/c1-3-10(2)17-7-8-18-12-6-4-5-11(9-12)13(14,15)16/h4-6,9-10,17-18H,3,7-8H2,1-2H3. The summed E-state index contributed by atoms with van der Waals surface area (Å²) in [5.74, 6) is 0. The molecule has 1 atom stereocenters. The van der Waals surface area contributed by atoms with E-state index in [1.807, 2.05) is 0 Å². The molecule has 1 rings (SSSR count). The first kappa shape index (κ1) is 14.8. The van der Waals surface area contributed by atoms with Gasteiger partial charge in [-0.25, -0.2) is 0 Å². The number of nitrogens with one attached hydrogen (secondary N) is 2. The largest absolute Gasteiger partial charge is 0.416 e. The van der Waals surface area contributed by atoms with Gasteiger partial charge in [0.15, 0.2) is 0 Å². The van der Waals surface area contributed by atoms with Crippen molar-refractivity contribution in [2.45, 2.75) is 32.5 Å². The van der Waals surface area contributed by atoms with Gasteiger partial charge in [-0.05, 0) is 31.5 Å². The normalized spacial score (nSPS) is 13.4. The average Bonchev–Trinajstić information content (AvgIpc) is 2.33. The number of alkyl halides is 3. The van der Waals surface area contributed by atoms with Gasteiger partial charge in [0.2, 0.25) is 0 Å². The molecule has 0 radical (unpaired) electrons. The Balaban J connectivity index is 2.43. The number of hydrogen-bond donors (Lipinski definition) is 2. The highest BCUT2D eigenvalue weighted by Gasteiger charge is 2.30. The molecule has 0 amide bonds. The van der Waals surface area contributed by atoms with Crippen molar-refractivity contribution in [2.75, 3.05) is 18.4 Å². The van der Waals surface area contributed by atoms with E-state index in [1.54, 1.807) is 6.07 Å². The highest BCUT2D eigenvalue weighted by molar-refractivity contribution is 5.46. The maximum Gasteiger partial charge on any atom is 0.416 e. The summed E-state index contributed by atoms with van der Waals surface area (Å²) in [6, 6.07) is 5.67. The molecule has 0 fully saturated rings. The lowest BCUT2D eigenvalue weighted by Gasteiger charge is -2.13. The van der Waals surface area contributed by atoms with Crippen LogP contribution in [0.3, 0.4) is 0 Å². The van der Waals surface area contributed by atoms with Crippen molar-refractivity contribution >= 4 is 5.69 Å². The van der Waals surface area contributed by atoms with Crippen LogP contribution in [0.1, 0.15) is 25.8 Å². The number of hydrogen-bond acceptors (Lipinski definition) is 2. The summed E-state index contributed by atoms with van der Waals surface area (Å²) in [6.07, 6.45) is -3.25. The van der Waals surface area contributed by atoms with Crippen molar-refractivity contribution in [3.05, 3.63) is 29.8 Å². The predicted molar refractivity (Wildman–Crippen MR) is 67.7 cm³/mol. The minimum atomic E-state index is -4.29. The minimum absolute atomic E-state index is 0.424. The van der Waals surface area contributed by atoms with Crippen molar-refractivity contribution in [2.24, 2.45) is 0 Å². The summed E-state index contributed by atoms with van der Waals surface area (Å²) in [6.45, 7) is 5.49. The number of rotatable bonds is 6. The Kier molecular flexibility index (Phi) is 5.47. The molecule has 0 aliphatic rings. The lowest BCUT2D eigenvalue weighted by molar-refractivity contribution is -0.137. The molecule has 0 bridgehead atoms. The van der Waals surface area contributed by atoms with Gasteiger partial charge < -0.3 is 10.6 Å². The van der Waals surface area contributed by atoms with E-state index in [0.717, 1.165) is 25.1 Å². The fourth-order valence-corrected chi connectivity index (χ4v) is 1.48. The van der Waals surface area contributed by atoms with Gasteiger partial charge in [-0.1, -0.05) is 13.0 Å². The molecule has 0 saturated heterocycles. The predicted octanol–water partition coefficient (Wildman–Crippen LogP) is 3.51. The molecular formula is C13H19F3N2. The van der Waals surface area contributed by atoms with Crippen LogP contribution >= 0.6 is 0 Å². The first-order valence-corrected chi connectivity index (χ1v) is 6.08. The van der Waals surface area contributed by atoms with Crippen molar-refractivity contribution in [3.8, 4) is 0 Å². The van der Waals surface area contributed by atoms with Crippen LogP contribution in [0.4, 0.5) is 18.9 Å². The van der Waals surface area contributed by atoms with Gasteiger partial charge in [0.05, 0.1) is 5.56 Å². The van der Waals surface area contributed by atoms with Crippen molar-refractivity contribution < 1.29 is 13.2 Å². The molecule has 0 aliphatic carbocycles. The minimum Gasteiger partial charge on any atom is -0.384 e. The molecule has 0 heterocycles. The van der Waals surface area contributed by atoms with Crippen LogP contribution in [0.5, 0.6) is 0 Å². The van der Waals surface area contributed by atoms with E-state index in [1.165, 1.54) is 6.07 Å². The number of anilines is 1. The van der Waals surface area contributed by atoms with E-state index in [0.29, 0.717) is 18.3 Å². The summed E-state index contributed by atoms with van der Waals surface area (Å²) in [4.78, 5) is 0. The third-order valence-corrected chi connectivity index (χ3v) is 2.75. The van der Waals surface area contributed by atoms with Gasteiger partial charge in [0.1, 0.15) is 0 Å². The maximum atomic E-state index is 12.5. The first-order chi connectivity index (χ1) is 8.43. The Labute approximate surface area is 106 Å². The Hall–Kier alpha value is -1.23. The smallest absolute Gasteiger partial charge is 0.384 e. The van der Waals surface area contributed by atoms with Gasteiger partial charge in [0.25, 0.3) is 0 Å². The first-order valence-electron chi connectivity index (χ1n) is 6.08. The third kappa shape index (κ3) is 4.96. The summed E-state index contributed by atoms with van der Waals surface area (Å²) < 4.78 is 37.4. The monoisotopic (exact) mass is 260 g/mol. The summed E-state index contributed by atoms with van der Waals surface area (Å²) in [7, 11) is 0. The highest BCUT2D eigenvalue weighted by Crippen LogP contribution is 2.30. The summed E-state index contributed by atoms with van der Waals surface area (Å²) in [5, 5.41) is 6.24. The quantitative estimate of drug-likeness (QED) is 0.765. The third-order valence-electron chi connectivity index (χ3n) is 2.75. The van der Waals surface area contributed by atoms with Crippen molar-refractivity contribution in [3.63, 3.8) is 0 Å². The van der Waals surface area contributed by atoms with Gasteiger partial charge in [-0.3, -0.25) is 0 Å². The van der Waals surface area contributed by atoms with Gasteiger partial charge >= 0.3 is 6.18 Å². The molecule has 0 spiro atoms. The Morgan fingerprint density at radius 2 is 1.94 bits per heavy atom. The number of halogens is 3. The molecule has 5 heteroatoms. The molecule has 0 saturated carbocycles. The van der Waals surface area contributed by atoms with Crippen LogP contribution in [-0.4, -0.2) is 19.1 Å². The van der Waals surface area contributed by atoms with Gasteiger partial charge in [-0.15, -0.1) is 0 Å². The fraction of sp³-hybridized carbons (Fsp3) is 0.538. The van der Waals surface area contributed by atoms with E-state index >= 15 is 0 Å². The highest BCUT2D eigenvalue weighted by atomic mass is 19.4. The zero-order valence-electron chi connectivity index (χ0n) is 10.6. The molecule has 0 aliphatic heterocycles. The molecule has 2 nitrogen and oxygen atoms in total. The van der Waals surface area contributed by atoms with Crippen LogP contribution in [0.25, 0.3) is 0 Å². The molecule has 1 unspecified atom stereocenters. The van der Waals surface area contributed by atoms with E-state index in [4.69, 9.17) is 0 Å². The lowest BCUT2D eigenvalue weighted by Crippen LogP contribution is -2.30. The fourth-order valence-electron chi connectivity index (χ4n) is 1.48. The van der Waals surface area contributed by atoms with Crippen LogP contribution < -0.4 is 10.6 Å². The SMILES string of the molecule is CCC(C)NCCNc1cccc(C(F)(F)F)c1. The second kappa shape index (κ2) is 6.64. The molecule has 2 N–H and O–H groups in total. The van der Waals surface area contributed by atoms with E-state index < -0.39 is 11.7 Å². The molecule has 1 aromatic carbocycles. The van der Waals surface area contributed by atoms with E-state index in [9.17, 15) is 13.2 Å². The Morgan fingerprint density at radius 3 is 2.56 bits per heavy atom. The van der Waals surface area contributed by atoms with Crippen LogP contribution in [-0.2, 0) is 6.18 Å². The van der Waals surface area contributed by atoms with Gasteiger partial charge in [0, 0.05) is 24.8 Å². The van der Waals surface area contributed by atoms with E-state index in [-0.39, 0.29) is 0 Å². The van der Waals surface area contributed by atoms with Crippen molar-refractivity contribution in [1.29, 1.82) is 0 Å².